The van der Waals surface area contributed by atoms with Crippen molar-refractivity contribution in [3.63, 3.8) is 0 Å². The van der Waals surface area contributed by atoms with Crippen LogP contribution in [0.3, 0.4) is 0 Å². The second kappa shape index (κ2) is 13.5. The van der Waals surface area contributed by atoms with Gasteiger partial charge in [-0.3, -0.25) is 0 Å². The van der Waals surface area contributed by atoms with Crippen LogP contribution >= 0.6 is 0 Å². The first-order valence-electron chi connectivity index (χ1n) is 12.6. The molecule has 2 saturated heterocycles. The van der Waals surface area contributed by atoms with Gasteiger partial charge in [-0.1, -0.05) is 59.7 Å². The number of piperidine rings is 1. The van der Waals surface area contributed by atoms with Gasteiger partial charge < -0.3 is 14.5 Å². The molecular formula is C28H45N3O. The summed E-state index contributed by atoms with van der Waals surface area (Å²) in [5.41, 5.74) is 4.27. The van der Waals surface area contributed by atoms with Crippen molar-refractivity contribution in [2.45, 2.75) is 72.6 Å². The SMILES string of the molecule is CC.CC(C)(C)c1ccc(N2CCCCC2)nc1.CCc1cccc(N2CCOCC2)c1. The summed E-state index contributed by atoms with van der Waals surface area (Å²) < 4.78 is 5.34. The Kier molecular flexibility index (Phi) is 11.0. The largest absolute Gasteiger partial charge is 0.378 e. The molecule has 0 N–H and O–H groups in total. The molecule has 0 atom stereocenters. The second-order valence-electron chi connectivity index (χ2n) is 9.33. The van der Waals surface area contributed by atoms with Gasteiger partial charge in [0.1, 0.15) is 5.82 Å². The van der Waals surface area contributed by atoms with E-state index in [1.54, 1.807) is 0 Å². The molecule has 0 bridgehead atoms. The van der Waals surface area contributed by atoms with Crippen LogP contribution in [0.15, 0.2) is 42.6 Å². The molecule has 4 nitrogen and oxygen atoms in total. The van der Waals surface area contributed by atoms with E-state index in [0.29, 0.717) is 0 Å². The molecule has 3 heterocycles. The number of aromatic nitrogens is 1. The molecule has 1 aromatic heterocycles. The van der Waals surface area contributed by atoms with Crippen molar-refractivity contribution in [2.75, 3.05) is 49.2 Å². The van der Waals surface area contributed by atoms with Crippen molar-refractivity contribution in [1.82, 2.24) is 4.98 Å². The zero-order valence-electron chi connectivity index (χ0n) is 21.4. The molecule has 0 unspecified atom stereocenters. The first-order valence-corrected chi connectivity index (χ1v) is 12.6. The van der Waals surface area contributed by atoms with Crippen molar-refractivity contribution in [3.8, 4) is 0 Å². The number of morpholine rings is 1. The van der Waals surface area contributed by atoms with Gasteiger partial charge in [-0.25, -0.2) is 4.98 Å². The Morgan fingerprint density at radius 2 is 1.56 bits per heavy atom. The first-order chi connectivity index (χ1) is 15.5. The smallest absolute Gasteiger partial charge is 0.128 e. The van der Waals surface area contributed by atoms with Crippen LogP contribution in [-0.4, -0.2) is 44.4 Å². The molecule has 0 aliphatic carbocycles. The number of ether oxygens (including phenoxy) is 1. The van der Waals surface area contributed by atoms with E-state index in [4.69, 9.17) is 4.74 Å². The Bertz CT molecular complexity index is 755. The Morgan fingerprint density at radius 3 is 2.12 bits per heavy atom. The van der Waals surface area contributed by atoms with E-state index in [-0.39, 0.29) is 5.41 Å². The number of aryl methyl sites for hydroxylation is 1. The summed E-state index contributed by atoms with van der Waals surface area (Å²) >= 11 is 0. The number of hydrogen-bond acceptors (Lipinski definition) is 4. The molecule has 0 saturated carbocycles. The minimum atomic E-state index is 0.202. The number of pyridine rings is 1. The number of benzene rings is 1. The molecular weight excluding hydrogens is 394 g/mol. The monoisotopic (exact) mass is 439 g/mol. The summed E-state index contributed by atoms with van der Waals surface area (Å²) in [5, 5.41) is 0. The molecule has 2 aromatic rings. The summed E-state index contributed by atoms with van der Waals surface area (Å²) in [4.78, 5) is 9.39. The predicted octanol–water partition coefficient (Wildman–Crippen LogP) is 6.48. The lowest BCUT2D eigenvalue weighted by Crippen LogP contribution is -2.36. The topological polar surface area (TPSA) is 28.6 Å². The Balaban J connectivity index is 0.000000212. The van der Waals surface area contributed by atoms with Gasteiger partial charge in [-0.15, -0.1) is 0 Å². The molecule has 32 heavy (non-hydrogen) atoms. The Morgan fingerprint density at radius 1 is 0.875 bits per heavy atom. The highest BCUT2D eigenvalue weighted by Crippen LogP contribution is 2.24. The predicted molar refractivity (Wildman–Crippen MR) is 139 cm³/mol. The average molecular weight is 440 g/mol. The standard InChI is InChI=1S/C14H22N2.C12H17NO.C2H6/c1-14(2,3)12-7-8-13(15-11-12)16-9-5-4-6-10-16;1-2-11-4-3-5-12(10-11)13-6-8-14-9-7-13;1-2/h7-8,11H,4-6,9-10H2,1-3H3;3-5,10H,2,6-9H2,1H3;1-2H3. The summed E-state index contributed by atoms with van der Waals surface area (Å²) in [6.45, 7) is 19.0. The zero-order chi connectivity index (χ0) is 23.4. The van der Waals surface area contributed by atoms with E-state index in [2.05, 4.69) is 78.9 Å². The van der Waals surface area contributed by atoms with E-state index < -0.39 is 0 Å². The van der Waals surface area contributed by atoms with Crippen LogP contribution in [0.2, 0.25) is 0 Å². The maximum Gasteiger partial charge on any atom is 0.128 e. The normalized spacial score (nSPS) is 16.4. The van der Waals surface area contributed by atoms with Gasteiger partial charge in [0.15, 0.2) is 0 Å². The lowest BCUT2D eigenvalue weighted by Gasteiger charge is -2.29. The third-order valence-corrected chi connectivity index (χ3v) is 5.99. The maximum atomic E-state index is 5.34. The fraction of sp³-hybridized carbons (Fsp3) is 0.607. The Hall–Kier alpha value is -2.07. The summed E-state index contributed by atoms with van der Waals surface area (Å²) in [5.74, 6) is 1.15. The molecule has 0 spiro atoms. The van der Waals surface area contributed by atoms with Gasteiger partial charge in [0.2, 0.25) is 0 Å². The highest BCUT2D eigenvalue weighted by molar-refractivity contribution is 5.49. The molecule has 0 radical (unpaired) electrons. The second-order valence-corrected chi connectivity index (χ2v) is 9.33. The van der Waals surface area contributed by atoms with Gasteiger partial charge in [-0.2, -0.15) is 0 Å². The van der Waals surface area contributed by atoms with Crippen LogP contribution in [0, 0.1) is 0 Å². The lowest BCUT2D eigenvalue weighted by molar-refractivity contribution is 0.122. The maximum absolute atomic E-state index is 5.34. The number of anilines is 2. The quantitative estimate of drug-likeness (QED) is 0.547. The van der Waals surface area contributed by atoms with E-state index in [9.17, 15) is 0 Å². The van der Waals surface area contributed by atoms with Gasteiger partial charge >= 0.3 is 0 Å². The van der Waals surface area contributed by atoms with Crippen molar-refractivity contribution in [1.29, 1.82) is 0 Å². The highest BCUT2D eigenvalue weighted by atomic mass is 16.5. The van der Waals surface area contributed by atoms with E-state index in [1.807, 2.05) is 20.0 Å². The molecule has 2 aliphatic rings. The van der Waals surface area contributed by atoms with E-state index >= 15 is 0 Å². The molecule has 0 amide bonds. The van der Waals surface area contributed by atoms with E-state index in [1.165, 1.54) is 49.2 Å². The van der Waals surface area contributed by atoms with E-state index in [0.717, 1.165) is 38.5 Å². The highest BCUT2D eigenvalue weighted by Gasteiger charge is 2.16. The van der Waals surface area contributed by atoms with Crippen molar-refractivity contribution < 1.29 is 4.74 Å². The van der Waals surface area contributed by atoms with Crippen LogP contribution in [-0.2, 0) is 16.6 Å². The van der Waals surface area contributed by atoms with Crippen molar-refractivity contribution >= 4 is 11.5 Å². The zero-order valence-corrected chi connectivity index (χ0v) is 21.4. The molecule has 2 fully saturated rings. The fourth-order valence-electron chi connectivity index (χ4n) is 3.93. The summed E-state index contributed by atoms with van der Waals surface area (Å²) in [6, 6.07) is 13.2. The van der Waals surface area contributed by atoms with Gasteiger partial charge in [0, 0.05) is 38.1 Å². The average Bonchev–Trinajstić information content (AvgIpc) is 2.86. The first kappa shape index (κ1) is 26.2. The molecule has 4 heteroatoms. The van der Waals surface area contributed by atoms with Gasteiger partial charge in [0.25, 0.3) is 0 Å². The third kappa shape index (κ3) is 8.12. The van der Waals surface area contributed by atoms with Crippen molar-refractivity contribution in [3.05, 3.63) is 53.7 Å². The van der Waals surface area contributed by atoms with Crippen LogP contribution in [0.5, 0.6) is 0 Å². The minimum Gasteiger partial charge on any atom is -0.378 e. The van der Waals surface area contributed by atoms with Crippen LogP contribution in [0.1, 0.15) is 71.9 Å². The number of hydrogen-bond donors (Lipinski definition) is 0. The number of nitrogens with zero attached hydrogens (tertiary/aromatic N) is 3. The summed E-state index contributed by atoms with van der Waals surface area (Å²) in [7, 11) is 0. The summed E-state index contributed by atoms with van der Waals surface area (Å²) in [6.07, 6.45) is 7.13. The third-order valence-electron chi connectivity index (χ3n) is 5.99. The van der Waals surface area contributed by atoms with Crippen LogP contribution in [0.4, 0.5) is 11.5 Å². The molecule has 2 aliphatic heterocycles. The van der Waals surface area contributed by atoms with Gasteiger partial charge in [-0.05, 0) is 60.4 Å². The fourth-order valence-corrected chi connectivity index (χ4v) is 3.93. The van der Waals surface area contributed by atoms with Crippen LogP contribution < -0.4 is 9.80 Å². The van der Waals surface area contributed by atoms with Crippen molar-refractivity contribution in [2.24, 2.45) is 0 Å². The molecule has 178 valence electrons. The van der Waals surface area contributed by atoms with Gasteiger partial charge in [0.05, 0.1) is 13.2 Å². The molecule has 1 aromatic carbocycles. The molecule has 4 rings (SSSR count). The lowest BCUT2D eigenvalue weighted by atomic mass is 9.88. The van der Waals surface area contributed by atoms with Crippen LogP contribution in [0.25, 0.3) is 0 Å². The Labute approximate surface area is 197 Å². The number of rotatable bonds is 3. The minimum absolute atomic E-state index is 0.202.